The second kappa shape index (κ2) is 4.90. The van der Waals surface area contributed by atoms with Crippen molar-refractivity contribution in [2.24, 2.45) is 0 Å². The Morgan fingerprint density at radius 1 is 1.00 bits per heavy atom. The molecule has 0 aliphatic carbocycles. The second-order valence-electron chi connectivity index (χ2n) is 7.38. The molecule has 1 aromatic rings. The molecule has 1 fully saturated rings. The highest BCUT2D eigenvalue weighted by Crippen LogP contribution is 2.36. The zero-order chi connectivity index (χ0) is 15.2. The average molecular weight is 292 g/mol. The summed E-state index contributed by atoms with van der Waals surface area (Å²) in [5.74, 6) is 0.899. The lowest BCUT2D eigenvalue weighted by molar-refractivity contribution is 0.00578. The van der Waals surface area contributed by atoms with Gasteiger partial charge in [-0.2, -0.15) is 0 Å². The molecule has 0 radical (unpaired) electrons. The largest absolute Gasteiger partial charge is 0.544 e. The first-order valence-electron chi connectivity index (χ1n) is 7.15. The Morgan fingerprint density at radius 3 is 2.05 bits per heavy atom. The van der Waals surface area contributed by atoms with E-state index in [-0.39, 0.29) is 18.3 Å². The maximum atomic E-state index is 6.07. The summed E-state index contributed by atoms with van der Waals surface area (Å²) in [4.78, 5) is 0. The molecule has 5 heteroatoms. The van der Waals surface area contributed by atoms with E-state index in [1.54, 1.807) is 0 Å². The summed E-state index contributed by atoms with van der Waals surface area (Å²) in [6.45, 7) is 14.8. The third kappa shape index (κ3) is 3.27. The Hall–Kier alpha value is -0.778. The monoisotopic (exact) mass is 292 g/mol. The molecule has 0 spiro atoms. The van der Waals surface area contributed by atoms with Crippen LogP contribution in [0.15, 0.2) is 24.3 Å². The predicted molar refractivity (Wildman–Crippen MR) is 86.1 cm³/mol. The first-order chi connectivity index (χ1) is 9.00. The van der Waals surface area contributed by atoms with Crippen molar-refractivity contribution in [1.82, 2.24) is 0 Å². The van der Waals surface area contributed by atoms with E-state index in [0.717, 1.165) is 11.2 Å². The molecule has 0 N–H and O–H groups in total. The Balaban J connectivity index is 2.21. The van der Waals surface area contributed by atoms with Crippen molar-refractivity contribution in [3.8, 4) is 5.75 Å². The zero-order valence-corrected chi connectivity index (χ0v) is 14.6. The van der Waals surface area contributed by atoms with Crippen LogP contribution in [0.5, 0.6) is 5.75 Å². The number of hydrogen-bond acceptors (Lipinski definition) is 3. The summed E-state index contributed by atoms with van der Waals surface area (Å²) >= 11 is 0. The van der Waals surface area contributed by atoms with Gasteiger partial charge in [0, 0.05) is 0 Å². The third-order valence-electron chi connectivity index (χ3n) is 3.81. The number of benzene rings is 1. The van der Waals surface area contributed by atoms with Gasteiger partial charge in [0.25, 0.3) is 0 Å². The van der Waals surface area contributed by atoms with Crippen LogP contribution in [0.25, 0.3) is 0 Å². The van der Waals surface area contributed by atoms with Crippen LogP contribution in [0.2, 0.25) is 19.6 Å². The minimum Gasteiger partial charge on any atom is -0.544 e. The maximum Gasteiger partial charge on any atom is 0.494 e. The minimum atomic E-state index is -1.60. The molecular formula is C15H25BO3Si. The Bertz CT molecular complexity index is 478. The van der Waals surface area contributed by atoms with Gasteiger partial charge >= 0.3 is 7.12 Å². The van der Waals surface area contributed by atoms with Crippen molar-refractivity contribution in [3.63, 3.8) is 0 Å². The lowest BCUT2D eigenvalue weighted by atomic mass is 9.79. The highest BCUT2D eigenvalue weighted by molar-refractivity contribution is 6.70. The second-order valence-corrected chi connectivity index (χ2v) is 11.8. The zero-order valence-electron chi connectivity index (χ0n) is 13.6. The van der Waals surface area contributed by atoms with Crippen molar-refractivity contribution in [1.29, 1.82) is 0 Å². The molecule has 110 valence electrons. The first-order valence-corrected chi connectivity index (χ1v) is 10.6. The Labute approximate surface area is 123 Å². The minimum absolute atomic E-state index is 0.312. The van der Waals surface area contributed by atoms with Crippen LogP contribution in [0.1, 0.15) is 27.7 Å². The molecule has 0 atom stereocenters. The van der Waals surface area contributed by atoms with E-state index in [0.29, 0.717) is 0 Å². The SMILES string of the molecule is CC1(C)OB(c2cccc(O[Si](C)(C)C)c2)OC1(C)C. The Morgan fingerprint density at radius 2 is 1.55 bits per heavy atom. The Kier molecular flexibility index (Phi) is 3.82. The molecule has 1 saturated heterocycles. The highest BCUT2D eigenvalue weighted by Gasteiger charge is 2.51. The summed E-state index contributed by atoms with van der Waals surface area (Å²) in [7, 11) is -1.93. The number of rotatable bonds is 3. The van der Waals surface area contributed by atoms with Crippen LogP contribution in [-0.4, -0.2) is 26.6 Å². The molecule has 1 aromatic carbocycles. The average Bonchev–Trinajstić information content (AvgIpc) is 2.46. The molecule has 0 unspecified atom stereocenters. The fourth-order valence-electron chi connectivity index (χ4n) is 2.06. The topological polar surface area (TPSA) is 27.7 Å². The van der Waals surface area contributed by atoms with Crippen LogP contribution < -0.4 is 9.89 Å². The van der Waals surface area contributed by atoms with Gasteiger partial charge in [0.1, 0.15) is 5.75 Å². The van der Waals surface area contributed by atoms with Gasteiger partial charge in [-0.25, -0.2) is 0 Å². The van der Waals surface area contributed by atoms with Gasteiger partial charge in [-0.3, -0.25) is 0 Å². The summed E-state index contributed by atoms with van der Waals surface area (Å²) in [5.41, 5.74) is 0.389. The van der Waals surface area contributed by atoms with Crippen LogP contribution in [0.4, 0.5) is 0 Å². The highest BCUT2D eigenvalue weighted by atomic mass is 28.4. The summed E-state index contributed by atoms with van der Waals surface area (Å²) in [6.07, 6.45) is 0. The van der Waals surface area contributed by atoms with E-state index in [4.69, 9.17) is 13.7 Å². The van der Waals surface area contributed by atoms with Gasteiger partial charge < -0.3 is 13.7 Å². The normalized spacial score (nSPS) is 21.1. The molecule has 0 aromatic heterocycles. The van der Waals surface area contributed by atoms with Crippen LogP contribution >= 0.6 is 0 Å². The lowest BCUT2D eigenvalue weighted by Crippen LogP contribution is -2.41. The summed E-state index contributed by atoms with van der Waals surface area (Å²) < 4.78 is 18.2. The summed E-state index contributed by atoms with van der Waals surface area (Å²) in [6, 6.07) is 8.04. The van der Waals surface area contributed by atoms with Gasteiger partial charge in [0.05, 0.1) is 11.2 Å². The molecule has 0 saturated carbocycles. The smallest absolute Gasteiger partial charge is 0.494 e. The van der Waals surface area contributed by atoms with E-state index in [2.05, 4.69) is 47.3 Å². The third-order valence-corrected chi connectivity index (χ3v) is 4.66. The van der Waals surface area contributed by atoms with Crippen molar-refractivity contribution in [2.45, 2.75) is 58.5 Å². The lowest BCUT2D eigenvalue weighted by Gasteiger charge is -2.32. The molecule has 2 rings (SSSR count). The van der Waals surface area contributed by atoms with E-state index in [9.17, 15) is 0 Å². The van der Waals surface area contributed by atoms with Gasteiger partial charge in [0.15, 0.2) is 0 Å². The fraction of sp³-hybridized carbons (Fsp3) is 0.600. The molecule has 1 aliphatic heterocycles. The van der Waals surface area contributed by atoms with Gasteiger partial charge in [-0.15, -0.1) is 0 Å². The van der Waals surface area contributed by atoms with E-state index < -0.39 is 8.32 Å². The molecule has 3 nitrogen and oxygen atoms in total. The van der Waals surface area contributed by atoms with Crippen molar-refractivity contribution in [2.75, 3.05) is 0 Å². The first kappa shape index (κ1) is 15.6. The molecule has 1 aliphatic rings. The van der Waals surface area contributed by atoms with Gasteiger partial charge in [-0.05, 0) is 64.9 Å². The molecule has 0 amide bonds. The van der Waals surface area contributed by atoms with Crippen molar-refractivity contribution in [3.05, 3.63) is 24.3 Å². The van der Waals surface area contributed by atoms with Crippen LogP contribution in [0, 0.1) is 0 Å². The van der Waals surface area contributed by atoms with E-state index in [1.165, 1.54) is 0 Å². The van der Waals surface area contributed by atoms with E-state index >= 15 is 0 Å². The van der Waals surface area contributed by atoms with Crippen molar-refractivity contribution < 1.29 is 13.7 Å². The van der Waals surface area contributed by atoms with Crippen LogP contribution in [0.3, 0.4) is 0 Å². The molecule has 1 heterocycles. The molecule has 20 heavy (non-hydrogen) atoms. The molecule has 0 bridgehead atoms. The van der Waals surface area contributed by atoms with E-state index in [1.807, 2.05) is 24.3 Å². The van der Waals surface area contributed by atoms with Gasteiger partial charge in [-0.1, -0.05) is 12.1 Å². The molecular weight excluding hydrogens is 267 g/mol. The van der Waals surface area contributed by atoms with Crippen LogP contribution in [-0.2, 0) is 9.31 Å². The number of hydrogen-bond donors (Lipinski definition) is 0. The van der Waals surface area contributed by atoms with Crippen molar-refractivity contribution >= 4 is 20.9 Å². The maximum absolute atomic E-state index is 6.07. The predicted octanol–water partition coefficient (Wildman–Crippen LogP) is 3.20. The fourth-order valence-corrected chi connectivity index (χ4v) is 2.89. The summed E-state index contributed by atoms with van der Waals surface area (Å²) in [5, 5.41) is 0. The standard InChI is InChI=1S/C15H25BO3Si/c1-14(2)15(3,4)19-16(18-14)12-9-8-10-13(11-12)17-20(5,6)7/h8-11H,1-7H3. The van der Waals surface area contributed by atoms with Gasteiger partial charge in [0.2, 0.25) is 8.32 Å². The quantitative estimate of drug-likeness (QED) is 0.801.